The highest BCUT2D eigenvalue weighted by molar-refractivity contribution is 7.10. The van der Waals surface area contributed by atoms with Gasteiger partial charge >= 0.3 is 12.4 Å². The minimum absolute atomic E-state index is 0.144. The Bertz CT molecular complexity index is 1010. The third-order valence-electron chi connectivity index (χ3n) is 3.57. The number of anilines is 1. The molecule has 1 heterocycles. The molecule has 146 valence electrons. The van der Waals surface area contributed by atoms with E-state index in [-0.39, 0.29) is 22.1 Å². The van der Waals surface area contributed by atoms with Gasteiger partial charge in [0.05, 0.1) is 11.1 Å². The van der Waals surface area contributed by atoms with Crippen molar-refractivity contribution in [3.05, 3.63) is 65.2 Å². The summed E-state index contributed by atoms with van der Waals surface area (Å²) in [6.07, 6.45) is -9.24. The first-order chi connectivity index (χ1) is 13.1. The maximum Gasteiger partial charge on any atom is 0.417 e. The van der Waals surface area contributed by atoms with E-state index in [0.29, 0.717) is 17.6 Å². The van der Waals surface area contributed by atoms with Crippen LogP contribution >= 0.6 is 11.5 Å². The maximum absolute atomic E-state index is 13.1. The Morgan fingerprint density at radius 3 is 2.32 bits per heavy atom. The average Bonchev–Trinajstić information content (AvgIpc) is 3.09. The van der Waals surface area contributed by atoms with Gasteiger partial charge in [-0.15, -0.1) is 0 Å². The number of alkyl halides is 6. The fourth-order valence-corrected chi connectivity index (χ4v) is 2.89. The SMILES string of the molecule is O=C(Nc1nc(-c2ccccc2C(F)(F)F)ns1)c1cccc(C(F)(F)F)c1. The van der Waals surface area contributed by atoms with Crippen LogP contribution in [0.3, 0.4) is 0 Å². The van der Waals surface area contributed by atoms with Crippen LogP contribution in [0.1, 0.15) is 21.5 Å². The van der Waals surface area contributed by atoms with E-state index in [2.05, 4.69) is 14.7 Å². The molecule has 0 radical (unpaired) electrons. The van der Waals surface area contributed by atoms with Gasteiger partial charge in [0.25, 0.3) is 5.91 Å². The summed E-state index contributed by atoms with van der Waals surface area (Å²) in [7, 11) is 0. The summed E-state index contributed by atoms with van der Waals surface area (Å²) < 4.78 is 81.3. The molecule has 2 aromatic carbocycles. The van der Waals surface area contributed by atoms with E-state index in [4.69, 9.17) is 0 Å². The van der Waals surface area contributed by atoms with E-state index in [0.717, 1.165) is 18.2 Å². The van der Waals surface area contributed by atoms with Gasteiger partial charge in [-0.1, -0.05) is 24.3 Å². The Morgan fingerprint density at radius 2 is 1.64 bits per heavy atom. The largest absolute Gasteiger partial charge is 0.417 e. The van der Waals surface area contributed by atoms with Crippen LogP contribution in [0.25, 0.3) is 11.4 Å². The first-order valence-electron chi connectivity index (χ1n) is 7.54. The predicted octanol–water partition coefficient (Wildman–Crippen LogP) is 5.50. The lowest BCUT2D eigenvalue weighted by Crippen LogP contribution is -2.13. The third kappa shape index (κ3) is 4.30. The van der Waals surface area contributed by atoms with Gasteiger partial charge in [-0.25, -0.2) is 0 Å². The molecule has 0 saturated carbocycles. The molecule has 1 N–H and O–H groups in total. The standard InChI is InChI=1S/C17H9F6N3OS/c18-16(19,20)10-5-3-4-9(8-10)14(27)25-15-24-13(26-28-15)11-6-1-2-7-12(11)17(21,22)23/h1-8H,(H,24,25,26,27). The summed E-state index contributed by atoms with van der Waals surface area (Å²) in [5.41, 5.74) is -2.49. The summed E-state index contributed by atoms with van der Waals surface area (Å²) in [5.74, 6) is -1.14. The molecule has 0 aliphatic rings. The van der Waals surface area contributed by atoms with Gasteiger partial charge in [-0.05, 0) is 24.3 Å². The van der Waals surface area contributed by atoms with Crippen LogP contribution in [0.4, 0.5) is 31.5 Å². The van der Waals surface area contributed by atoms with Gasteiger partial charge in [0.2, 0.25) is 5.13 Å². The Labute approximate surface area is 158 Å². The van der Waals surface area contributed by atoms with Crippen LogP contribution in [0.5, 0.6) is 0 Å². The molecule has 3 rings (SSSR count). The lowest BCUT2D eigenvalue weighted by atomic mass is 10.1. The quantitative estimate of drug-likeness (QED) is 0.573. The first-order valence-corrected chi connectivity index (χ1v) is 8.32. The Kier molecular flexibility index (Phi) is 5.11. The summed E-state index contributed by atoms with van der Waals surface area (Å²) >= 11 is 0.614. The molecular weight excluding hydrogens is 408 g/mol. The van der Waals surface area contributed by atoms with E-state index < -0.39 is 29.4 Å². The molecule has 0 fully saturated rings. The second-order valence-electron chi connectivity index (χ2n) is 5.50. The van der Waals surface area contributed by atoms with Crippen molar-refractivity contribution in [2.45, 2.75) is 12.4 Å². The van der Waals surface area contributed by atoms with Gasteiger partial charge in [0.15, 0.2) is 5.82 Å². The number of nitrogens with one attached hydrogen (secondary N) is 1. The molecule has 1 aromatic heterocycles. The second kappa shape index (κ2) is 7.23. The van der Waals surface area contributed by atoms with Gasteiger partial charge in [-0.2, -0.15) is 35.7 Å². The molecule has 0 saturated heterocycles. The van der Waals surface area contributed by atoms with Crippen LogP contribution in [-0.2, 0) is 12.4 Å². The summed E-state index contributed by atoms with van der Waals surface area (Å²) in [4.78, 5) is 16.0. The lowest BCUT2D eigenvalue weighted by Gasteiger charge is -2.10. The van der Waals surface area contributed by atoms with Crippen LogP contribution in [-0.4, -0.2) is 15.3 Å². The number of aromatic nitrogens is 2. The molecule has 0 aliphatic heterocycles. The van der Waals surface area contributed by atoms with Crippen molar-refractivity contribution in [1.29, 1.82) is 0 Å². The molecule has 0 unspecified atom stereocenters. The Balaban J connectivity index is 1.84. The van der Waals surface area contributed by atoms with E-state index >= 15 is 0 Å². The minimum Gasteiger partial charge on any atom is -0.297 e. The third-order valence-corrected chi connectivity index (χ3v) is 4.20. The highest BCUT2D eigenvalue weighted by Gasteiger charge is 2.34. The highest BCUT2D eigenvalue weighted by Crippen LogP contribution is 2.36. The smallest absolute Gasteiger partial charge is 0.297 e. The van der Waals surface area contributed by atoms with E-state index in [9.17, 15) is 31.1 Å². The lowest BCUT2D eigenvalue weighted by molar-refractivity contribution is -0.138. The Hall–Kier alpha value is -2.95. The van der Waals surface area contributed by atoms with Crippen molar-refractivity contribution < 1.29 is 31.1 Å². The van der Waals surface area contributed by atoms with E-state index in [1.165, 1.54) is 24.3 Å². The van der Waals surface area contributed by atoms with Crippen molar-refractivity contribution >= 4 is 22.6 Å². The van der Waals surface area contributed by atoms with Crippen molar-refractivity contribution in [3.63, 3.8) is 0 Å². The average molecular weight is 417 g/mol. The van der Waals surface area contributed by atoms with Gasteiger partial charge < -0.3 is 0 Å². The topological polar surface area (TPSA) is 54.9 Å². The van der Waals surface area contributed by atoms with Gasteiger partial charge in [0.1, 0.15) is 0 Å². The molecule has 0 bridgehead atoms. The first kappa shape index (κ1) is 19.8. The molecule has 0 atom stereocenters. The summed E-state index contributed by atoms with van der Waals surface area (Å²) in [6, 6.07) is 8.38. The number of hydrogen-bond acceptors (Lipinski definition) is 4. The van der Waals surface area contributed by atoms with Crippen molar-refractivity contribution in [3.8, 4) is 11.4 Å². The second-order valence-corrected chi connectivity index (χ2v) is 6.25. The number of benzene rings is 2. The minimum atomic E-state index is -4.62. The van der Waals surface area contributed by atoms with Crippen LogP contribution in [0, 0.1) is 0 Å². The number of carbonyl (C=O) groups excluding carboxylic acids is 1. The number of halogens is 6. The number of hydrogen-bond donors (Lipinski definition) is 1. The predicted molar refractivity (Wildman–Crippen MR) is 89.7 cm³/mol. The molecular formula is C17H9F6N3OS. The zero-order chi connectivity index (χ0) is 20.5. The Morgan fingerprint density at radius 1 is 0.929 bits per heavy atom. The highest BCUT2D eigenvalue weighted by atomic mass is 32.1. The van der Waals surface area contributed by atoms with E-state index in [1.807, 2.05) is 0 Å². The zero-order valence-electron chi connectivity index (χ0n) is 13.6. The molecule has 0 spiro atoms. The number of carbonyl (C=O) groups is 1. The molecule has 3 aromatic rings. The fraction of sp³-hybridized carbons (Fsp3) is 0.118. The number of rotatable bonds is 3. The zero-order valence-corrected chi connectivity index (χ0v) is 14.4. The summed E-state index contributed by atoms with van der Waals surface area (Å²) in [5, 5.41) is 2.10. The van der Waals surface area contributed by atoms with Crippen LogP contribution in [0.2, 0.25) is 0 Å². The van der Waals surface area contributed by atoms with E-state index in [1.54, 1.807) is 0 Å². The van der Waals surface area contributed by atoms with Crippen molar-refractivity contribution in [2.24, 2.45) is 0 Å². The number of amides is 1. The fourth-order valence-electron chi connectivity index (χ4n) is 2.32. The monoisotopic (exact) mass is 417 g/mol. The van der Waals surface area contributed by atoms with Gasteiger partial charge in [-0.3, -0.25) is 10.1 Å². The molecule has 4 nitrogen and oxygen atoms in total. The molecule has 0 aliphatic carbocycles. The maximum atomic E-state index is 13.1. The normalized spacial score (nSPS) is 12.1. The summed E-state index contributed by atoms with van der Waals surface area (Å²) in [6.45, 7) is 0. The molecule has 28 heavy (non-hydrogen) atoms. The van der Waals surface area contributed by atoms with Crippen LogP contribution < -0.4 is 5.32 Å². The van der Waals surface area contributed by atoms with Gasteiger partial charge in [0, 0.05) is 22.7 Å². The molecule has 1 amide bonds. The van der Waals surface area contributed by atoms with Crippen LogP contribution in [0.15, 0.2) is 48.5 Å². The number of nitrogens with zero attached hydrogens (tertiary/aromatic N) is 2. The molecule has 11 heteroatoms. The van der Waals surface area contributed by atoms with Crippen molar-refractivity contribution in [2.75, 3.05) is 5.32 Å². The van der Waals surface area contributed by atoms with Crippen molar-refractivity contribution in [1.82, 2.24) is 9.36 Å².